The molecule has 3 rings (SSSR count). The van der Waals surface area contributed by atoms with Crippen LogP contribution in [0.25, 0.3) is 0 Å². The van der Waals surface area contributed by atoms with Gasteiger partial charge >= 0.3 is 6.03 Å². The molecule has 22 heavy (non-hydrogen) atoms. The molecule has 1 atom stereocenters. The zero-order valence-corrected chi connectivity index (χ0v) is 12.6. The molecule has 2 aliphatic heterocycles. The average Bonchev–Trinajstić information content (AvgIpc) is 3.01. The van der Waals surface area contributed by atoms with E-state index in [1.165, 1.54) is 12.1 Å². The van der Waals surface area contributed by atoms with E-state index in [9.17, 15) is 9.18 Å². The first kappa shape index (κ1) is 15.2. The van der Waals surface area contributed by atoms with Crippen LogP contribution in [0.2, 0.25) is 0 Å². The molecule has 1 unspecified atom stereocenters. The van der Waals surface area contributed by atoms with Gasteiger partial charge in [0.1, 0.15) is 5.82 Å². The predicted octanol–water partition coefficient (Wildman–Crippen LogP) is 2.15. The second-order valence-corrected chi connectivity index (χ2v) is 5.86. The molecule has 2 fully saturated rings. The fourth-order valence-electron chi connectivity index (χ4n) is 2.98. The highest BCUT2D eigenvalue weighted by atomic mass is 19.1. The maximum Gasteiger partial charge on any atom is 0.321 e. The largest absolute Gasteiger partial charge is 0.377 e. The Bertz CT molecular complexity index is 512. The fraction of sp³-hybridized carbons (Fsp3) is 0.562. The van der Waals surface area contributed by atoms with E-state index in [2.05, 4.69) is 10.2 Å². The smallest absolute Gasteiger partial charge is 0.321 e. The minimum Gasteiger partial charge on any atom is -0.377 e. The van der Waals surface area contributed by atoms with Crippen LogP contribution in [0.4, 0.5) is 14.9 Å². The van der Waals surface area contributed by atoms with E-state index in [0.717, 1.165) is 39.1 Å². The Kier molecular flexibility index (Phi) is 4.90. The van der Waals surface area contributed by atoms with Crippen molar-refractivity contribution in [2.45, 2.75) is 18.9 Å². The van der Waals surface area contributed by atoms with Gasteiger partial charge < -0.3 is 15.0 Å². The molecule has 120 valence electrons. The molecule has 5 nitrogen and oxygen atoms in total. The van der Waals surface area contributed by atoms with Crippen LogP contribution < -0.4 is 5.32 Å². The number of nitrogens with one attached hydrogen (secondary N) is 1. The van der Waals surface area contributed by atoms with Crippen LogP contribution in [0.3, 0.4) is 0 Å². The van der Waals surface area contributed by atoms with Crippen molar-refractivity contribution >= 4 is 11.7 Å². The van der Waals surface area contributed by atoms with Crippen LogP contribution in [0.5, 0.6) is 0 Å². The van der Waals surface area contributed by atoms with Gasteiger partial charge in [-0.1, -0.05) is 6.07 Å². The third-order valence-corrected chi connectivity index (χ3v) is 4.22. The Morgan fingerprint density at radius 1 is 1.32 bits per heavy atom. The van der Waals surface area contributed by atoms with Gasteiger partial charge in [-0.2, -0.15) is 0 Å². The molecule has 1 N–H and O–H groups in total. The number of benzene rings is 1. The molecular weight excluding hydrogens is 285 g/mol. The lowest BCUT2D eigenvalue weighted by molar-refractivity contribution is 0.0572. The minimum atomic E-state index is -0.348. The third-order valence-electron chi connectivity index (χ3n) is 4.22. The highest BCUT2D eigenvalue weighted by Crippen LogP contribution is 2.15. The number of amides is 2. The van der Waals surface area contributed by atoms with Gasteiger partial charge in [0.25, 0.3) is 0 Å². The molecule has 0 bridgehead atoms. The predicted molar refractivity (Wildman–Crippen MR) is 82.4 cm³/mol. The number of nitrogens with zero attached hydrogens (tertiary/aromatic N) is 2. The second kappa shape index (κ2) is 7.07. The van der Waals surface area contributed by atoms with E-state index < -0.39 is 0 Å². The van der Waals surface area contributed by atoms with Crippen LogP contribution in [0, 0.1) is 5.82 Å². The number of anilines is 1. The second-order valence-electron chi connectivity index (χ2n) is 5.86. The van der Waals surface area contributed by atoms with Gasteiger partial charge in [-0.15, -0.1) is 0 Å². The third kappa shape index (κ3) is 3.96. The van der Waals surface area contributed by atoms with E-state index in [1.54, 1.807) is 17.0 Å². The van der Waals surface area contributed by atoms with Crippen LogP contribution in [-0.4, -0.2) is 61.3 Å². The van der Waals surface area contributed by atoms with Crippen molar-refractivity contribution in [3.05, 3.63) is 30.1 Å². The van der Waals surface area contributed by atoms with Crippen molar-refractivity contribution in [2.75, 3.05) is 44.6 Å². The van der Waals surface area contributed by atoms with Crippen molar-refractivity contribution in [1.82, 2.24) is 9.80 Å². The molecule has 1 aromatic rings. The zero-order chi connectivity index (χ0) is 15.4. The first-order chi connectivity index (χ1) is 10.7. The Hall–Kier alpha value is -1.66. The fourth-order valence-corrected chi connectivity index (χ4v) is 2.98. The number of carbonyl (C=O) groups is 1. The summed E-state index contributed by atoms with van der Waals surface area (Å²) in [6, 6.07) is 5.80. The molecule has 2 saturated heterocycles. The summed E-state index contributed by atoms with van der Waals surface area (Å²) in [7, 11) is 0. The SMILES string of the molecule is O=C(Nc1cccc(F)c1)N1CCN(CC2CCCO2)CC1. The number of rotatable bonds is 3. The average molecular weight is 307 g/mol. The number of halogens is 1. The maximum absolute atomic E-state index is 13.1. The molecule has 0 aliphatic carbocycles. The van der Waals surface area contributed by atoms with Crippen LogP contribution in [0.15, 0.2) is 24.3 Å². The summed E-state index contributed by atoms with van der Waals surface area (Å²) < 4.78 is 18.8. The molecular formula is C16H22FN3O2. The van der Waals surface area contributed by atoms with E-state index >= 15 is 0 Å². The van der Waals surface area contributed by atoms with Crippen LogP contribution in [-0.2, 0) is 4.74 Å². The first-order valence-electron chi connectivity index (χ1n) is 7.86. The van der Waals surface area contributed by atoms with Gasteiger partial charge in [0.15, 0.2) is 0 Å². The molecule has 6 heteroatoms. The normalized spacial score (nSPS) is 22.8. The van der Waals surface area contributed by atoms with Crippen molar-refractivity contribution < 1.29 is 13.9 Å². The molecule has 0 aromatic heterocycles. The van der Waals surface area contributed by atoms with Gasteiger partial charge in [-0.25, -0.2) is 9.18 Å². The summed E-state index contributed by atoms with van der Waals surface area (Å²) in [6.07, 6.45) is 2.65. The van der Waals surface area contributed by atoms with E-state index in [0.29, 0.717) is 24.9 Å². The summed E-state index contributed by atoms with van der Waals surface area (Å²) in [5.74, 6) is -0.348. The summed E-state index contributed by atoms with van der Waals surface area (Å²) in [5, 5.41) is 2.74. The van der Waals surface area contributed by atoms with Crippen LogP contribution in [0.1, 0.15) is 12.8 Å². The van der Waals surface area contributed by atoms with Gasteiger partial charge in [0.2, 0.25) is 0 Å². The van der Waals surface area contributed by atoms with Crippen LogP contribution >= 0.6 is 0 Å². The first-order valence-corrected chi connectivity index (χ1v) is 7.86. The Morgan fingerprint density at radius 3 is 2.82 bits per heavy atom. The molecule has 0 radical (unpaired) electrons. The summed E-state index contributed by atoms with van der Waals surface area (Å²) >= 11 is 0. The number of ether oxygens (including phenoxy) is 1. The number of piperazine rings is 1. The molecule has 2 amide bonds. The van der Waals surface area contributed by atoms with Gasteiger partial charge in [-0.05, 0) is 31.0 Å². The minimum absolute atomic E-state index is 0.164. The van der Waals surface area contributed by atoms with E-state index in [-0.39, 0.29) is 11.8 Å². The molecule has 2 aliphatic rings. The highest BCUT2D eigenvalue weighted by Gasteiger charge is 2.24. The Labute approximate surface area is 130 Å². The lowest BCUT2D eigenvalue weighted by atomic mass is 10.2. The lowest BCUT2D eigenvalue weighted by Crippen LogP contribution is -2.51. The lowest BCUT2D eigenvalue weighted by Gasteiger charge is -2.35. The molecule has 0 saturated carbocycles. The number of urea groups is 1. The summed E-state index contributed by atoms with van der Waals surface area (Å²) in [5.41, 5.74) is 0.492. The Morgan fingerprint density at radius 2 is 2.14 bits per heavy atom. The summed E-state index contributed by atoms with van der Waals surface area (Å²) in [6.45, 7) is 4.93. The van der Waals surface area contributed by atoms with Gasteiger partial charge in [-0.3, -0.25) is 4.90 Å². The molecule has 1 aromatic carbocycles. The molecule has 2 heterocycles. The highest BCUT2D eigenvalue weighted by molar-refractivity contribution is 5.89. The van der Waals surface area contributed by atoms with Gasteiger partial charge in [0.05, 0.1) is 6.10 Å². The number of hydrogen-bond acceptors (Lipinski definition) is 3. The van der Waals surface area contributed by atoms with E-state index in [4.69, 9.17) is 4.74 Å². The molecule has 0 spiro atoms. The van der Waals surface area contributed by atoms with Crippen molar-refractivity contribution in [3.8, 4) is 0 Å². The van der Waals surface area contributed by atoms with Crippen molar-refractivity contribution in [2.24, 2.45) is 0 Å². The summed E-state index contributed by atoms with van der Waals surface area (Å²) in [4.78, 5) is 16.3. The van der Waals surface area contributed by atoms with Gasteiger partial charge in [0, 0.05) is 45.0 Å². The quantitative estimate of drug-likeness (QED) is 0.930. The Balaban J connectivity index is 1.45. The van der Waals surface area contributed by atoms with Crippen molar-refractivity contribution in [3.63, 3.8) is 0 Å². The standard InChI is InChI=1S/C16H22FN3O2/c17-13-3-1-4-14(11-13)18-16(21)20-8-6-19(7-9-20)12-15-5-2-10-22-15/h1,3-4,11,15H,2,5-10,12H2,(H,18,21). The number of hydrogen-bond donors (Lipinski definition) is 1. The van der Waals surface area contributed by atoms with E-state index in [1.807, 2.05) is 0 Å². The topological polar surface area (TPSA) is 44.8 Å². The van der Waals surface area contributed by atoms with Crippen molar-refractivity contribution in [1.29, 1.82) is 0 Å². The monoisotopic (exact) mass is 307 g/mol. The maximum atomic E-state index is 13.1. The number of carbonyl (C=O) groups excluding carboxylic acids is 1. The zero-order valence-electron chi connectivity index (χ0n) is 12.6.